The Bertz CT molecular complexity index is 438. The van der Waals surface area contributed by atoms with Gasteiger partial charge < -0.3 is 0 Å². The van der Waals surface area contributed by atoms with Crippen LogP contribution in [0.25, 0.3) is 11.1 Å². The molecule has 2 aromatic rings. The molecule has 0 aromatic heterocycles. The Morgan fingerprint density at radius 3 is 2.18 bits per heavy atom. The monoisotopic (exact) mass is 338 g/mol. The maximum absolute atomic E-state index is 3.06. The molecule has 0 aliphatic carbocycles. The van der Waals surface area contributed by atoms with Gasteiger partial charge in [-0.1, -0.05) is 38.1 Å². The van der Waals surface area contributed by atoms with Crippen LogP contribution in [0.3, 0.4) is 0 Å². The first-order valence-corrected chi connectivity index (χ1v) is 12.6. The third kappa shape index (κ3) is 4.05. The Hall–Kier alpha value is -0.457. The summed E-state index contributed by atoms with van der Waals surface area (Å²) in [4.78, 5) is 0. The second-order valence-corrected chi connectivity index (χ2v) is 4.03. The van der Waals surface area contributed by atoms with Crippen molar-refractivity contribution < 1.29 is 16.3 Å². The van der Waals surface area contributed by atoms with E-state index in [2.05, 4.69) is 69.9 Å². The zero-order valence-corrected chi connectivity index (χ0v) is 14.8. The van der Waals surface area contributed by atoms with Gasteiger partial charge in [-0.2, -0.15) is 30.3 Å². The van der Waals surface area contributed by atoms with Gasteiger partial charge in [0.25, 0.3) is 0 Å². The van der Waals surface area contributed by atoms with E-state index in [-0.39, 0.29) is 0 Å². The van der Waals surface area contributed by atoms with E-state index in [1.165, 1.54) is 33.0 Å². The Kier molecular flexibility index (Phi) is 6.69. The molecular formula is C15H15BrZn. The van der Waals surface area contributed by atoms with Gasteiger partial charge >= 0.3 is 30.0 Å². The predicted molar refractivity (Wildman–Crippen MR) is 73.7 cm³/mol. The van der Waals surface area contributed by atoms with Crippen LogP contribution in [-0.2, 0) is 16.3 Å². The van der Waals surface area contributed by atoms with Crippen molar-refractivity contribution in [1.29, 1.82) is 0 Å². The second kappa shape index (κ2) is 7.79. The quantitative estimate of drug-likeness (QED) is 0.526. The first-order valence-electron chi connectivity index (χ1n) is 5.61. The van der Waals surface area contributed by atoms with Crippen LogP contribution in [0.1, 0.15) is 25.3 Å². The summed E-state index contributed by atoms with van der Waals surface area (Å²) in [7, 11) is 0. The van der Waals surface area contributed by atoms with Crippen molar-refractivity contribution >= 4 is 13.6 Å². The molecule has 2 aromatic carbocycles. The fraction of sp³-hybridized carbons (Fsp3) is 0.200. The molecule has 0 saturated carbocycles. The summed E-state index contributed by atoms with van der Waals surface area (Å²) in [5.74, 6) is 0.561. The van der Waals surface area contributed by atoms with E-state index in [4.69, 9.17) is 0 Å². The number of benzene rings is 2. The van der Waals surface area contributed by atoms with E-state index in [0.717, 1.165) is 0 Å². The van der Waals surface area contributed by atoms with Crippen LogP contribution in [0.5, 0.6) is 0 Å². The fourth-order valence-corrected chi connectivity index (χ4v) is 1.83. The van der Waals surface area contributed by atoms with Crippen LogP contribution in [0, 0.1) is 6.07 Å². The first-order chi connectivity index (χ1) is 8.29. The van der Waals surface area contributed by atoms with Gasteiger partial charge in [-0.25, -0.2) is 0 Å². The van der Waals surface area contributed by atoms with E-state index in [1.807, 2.05) is 12.1 Å². The molecule has 0 atom stereocenters. The van der Waals surface area contributed by atoms with E-state index in [0.29, 0.717) is 5.92 Å². The molecule has 0 nitrogen and oxygen atoms in total. The molecule has 0 N–H and O–H groups in total. The average Bonchev–Trinajstić information content (AvgIpc) is 2.42. The van der Waals surface area contributed by atoms with Crippen LogP contribution in [0.2, 0.25) is 0 Å². The molecule has 0 heterocycles. The van der Waals surface area contributed by atoms with Gasteiger partial charge in [0.1, 0.15) is 0 Å². The summed E-state index contributed by atoms with van der Waals surface area (Å²) in [5.41, 5.74) is 4.02. The molecular weight excluding hydrogens is 325 g/mol. The summed E-state index contributed by atoms with van der Waals surface area (Å²) in [6.45, 7) is 4.46. The minimum absolute atomic E-state index is 0.561. The Balaban J connectivity index is 0.000000686. The molecule has 0 aliphatic rings. The van der Waals surface area contributed by atoms with Crippen molar-refractivity contribution in [3.63, 3.8) is 0 Å². The van der Waals surface area contributed by atoms with Crippen molar-refractivity contribution in [3.05, 3.63) is 60.2 Å². The molecule has 2 rings (SSSR count). The number of rotatable bonds is 2. The van der Waals surface area contributed by atoms with E-state index in [9.17, 15) is 0 Å². The molecule has 2 heteroatoms. The van der Waals surface area contributed by atoms with E-state index in [1.54, 1.807) is 0 Å². The van der Waals surface area contributed by atoms with E-state index < -0.39 is 0 Å². The van der Waals surface area contributed by atoms with Gasteiger partial charge in [0.05, 0.1) is 0 Å². The first kappa shape index (κ1) is 14.6. The summed E-state index contributed by atoms with van der Waals surface area (Å²) >= 11 is 4.25. The zero-order chi connectivity index (χ0) is 12.7. The van der Waals surface area contributed by atoms with Gasteiger partial charge in [0.2, 0.25) is 0 Å². The normalized spacial score (nSPS) is 9.76. The predicted octanol–water partition coefficient (Wildman–Crippen LogP) is 5.12. The molecule has 0 unspecified atom stereocenters. The third-order valence-electron chi connectivity index (χ3n) is 2.61. The third-order valence-corrected chi connectivity index (χ3v) is 2.61. The molecule has 0 aliphatic heterocycles. The van der Waals surface area contributed by atoms with Crippen molar-refractivity contribution in [2.75, 3.05) is 0 Å². The van der Waals surface area contributed by atoms with E-state index >= 15 is 0 Å². The van der Waals surface area contributed by atoms with Crippen molar-refractivity contribution in [3.8, 4) is 11.1 Å². The Morgan fingerprint density at radius 2 is 1.59 bits per heavy atom. The summed E-state index contributed by atoms with van der Waals surface area (Å²) in [5, 5.41) is 0. The number of hydrogen-bond donors (Lipinski definition) is 0. The molecule has 17 heavy (non-hydrogen) atoms. The van der Waals surface area contributed by atoms with Gasteiger partial charge in [-0.3, -0.25) is 0 Å². The van der Waals surface area contributed by atoms with Gasteiger partial charge in [-0.05, 0) is 17.0 Å². The second-order valence-electron chi connectivity index (χ2n) is 4.03. The molecule has 0 fully saturated rings. The Labute approximate surface area is 120 Å². The maximum atomic E-state index is 3.06. The van der Waals surface area contributed by atoms with Crippen LogP contribution >= 0.6 is 13.6 Å². The van der Waals surface area contributed by atoms with Crippen LogP contribution < -0.4 is 0 Å². The molecule has 0 radical (unpaired) electrons. The molecule has 84 valence electrons. The standard InChI is InChI=1S/C15H15.BrH.Zn/c1-12(2)14-10-6-7-11-15(14)13-8-4-3-5-9-13;;/h4-12H,1-2H3;1H;/q-1;;+2/p-1. The summed E-state index contributed by atoms with van der Waals surface area (Å²) < 4.78 is 0. The van der Waals surface area contributed by atoms with Gasteiger partial charge in [0, 0.05) is 0 Å². The summed E-state index contributed by atoms with van der Waals surface area (Å²) in [6.07, 6.45) is 0. The number of halogens is 1. The molecule has 0 amide bonds. The average molecular weight is 341 g/mol. The molecule has 0 saturated heterocycles. The SMILES string of the molecule is CC(C)c1ccccc1-c1cc[c-]cc1.[Zn+][Br]. The van der Waals surface area contributed by atoms with Crippen molar-refractivity contribution in [2.45, 2.75) is 19.8 Å². The Morgan fingerprint density at radius 1 is 1.00 bits per heavy atom. The summed E-state index contributed by atoms with van der Waals surface area (Å²) in [6, 6.07) is 19.8. The minimum atomic E-state index is 0.561. The topological polar surface area (TPSA) is 0 Å². The zero-order valence-electron chi connectivity index (χ0n) is 10.3. The molecule has 0 bridgehead atoms. The van der Waals surface area contributed by atoms with Crippen LogP contribution in [0.4, 0.5) is 0 Å². The molecule has 0 spiro atoms. The fourth-order valence-electron chi connectivity index (χ4n) is 1.83. The van der Waals surface area contributed by atoms with Gasteiger partial charge in [0.15, 0.2) is 0 Å². The van der Waals surface area contributed by atoms with Crippen molar-refractivity contribution in [1.82, 2.24) is 0 Å². The van der Waals surface area contributed by atoms with Crippen LogP contribution in [-0.4, -0.2) is 0 Å². The van der Waals surface area contributed by atoms with Crippen LogP contribution in [0.15, 0.2) is 48.5 Å². The number of hydrogen-bond acceptors (Lipinski definition) is 0. The van der Waals surface area contributed by atoms with Crippen molar-refractivity contribution in [2.24, 2.45) is 0 Å². The van der Waals surface area contributed by atoms with Gasteiger partial charge in [-0.15, -0.1) is 5.56 Å².